The van der Waals surface area contributed by atoms with Gasteiger partial charge in [-0.1, -0.05) is 0 Å². The molecule has 2 N–H and O–H groups in total. The Labute approximate surface area is 76.8 Å². The van der Waals surface area contributed by atoms with Gasteiger partial charge in [-0.2, -0.15) is 0 Å². The van der Waals surface area contributed by atoms with Crippen LogP contribution in [0.2, 0.25) is 0 Å². The minimum atomic E-state index is -0.416. The average Bonchev–Trinajstić information content (AvgIpc) is 2.63. The Bertz CT molecular complexity index is 195. The van der Waals surface area contributed by atoms with Gasteiger partial charge >= 0.3 is 5.97 Å². The van der Waals surface area contributed by atoms with Crippen LogP contribution >= 0.6 is 0 Å². The van der Waals surface area contributed by atoms with Gasteiger partial charge in [0.1, 0.15) is 6.04 Å². The van der Waals surface area contributed by atoms with E-state index in [0.29, 0.717) is 13.0 Å². The summed E-state index contributed by atoms with van der Waals surface area (Å²) in [7, 11) is 1.33. The van der Waals surface area contributed by atoms with E-state index in [0.717, 1.165) is 6.42 Å². The van der Waals surface area contributed by atoms with Gasteiger partial charge in [-0.05, 0) is 12.8 Å². The fourth-order valence-corrected chi connectivity index (χ4v) is 1.56. The van der Waals surface area contributed by atoms with Gasteiger partial charge in [-0.25, -0.2) is 4.79 Å². The molecule has 1 aliphatic heterocycles. The van der Waals surface area contributed by atoms with Crippen molar-refractivity contribution in [2.75, 3.05) is 20.2 Å². The fourth-order valence-electron chi connectivity index (χ4n) is 1.56. The number of esters is 1. The number of hydrogen-bond acceptors (Lipinski definition) is 4. The number of nitrogens with two attached hydrogens (primary N) is 1. The molecule has 1 unspecified atom stereocenters. The van der Waals surface area contributed by atoms with E-state index in [9.17, 15) is 9.59 Å². The largest absolute Gasteiger partial charge is 0.467 e. The first-order valence-electron chi connectivity index (χ1n) is 4.28. The summed E-state index contributed by atoms with van der Waals surface area (Å²) in [6.07, 6.45) is 1.52. The Kier molecular flexibility index (Phi) is 3.25. The summed E-state index contributed by atoms with van der Waals surface area (Å²) in [4.78, 5) is 23.9. The first-order valence-corrected chi connectivity index (χ1v) is 4.28. The summed E-state index contributed by atoms with van der Waals surface area (Å²) >= 11 is 0. The van der Waals surface area contributed by atoms with Crippen molar-refractivity contribution < 1.29 is 14.3 Å². The number of amides is 1. The Morgan fingerprint density at radius 2 is 2.31 bits per heavy atom. The maximum Gasteiger partial charge on any atom is 0.328 e. The van der Waals surface area contributed by atoms with Gasteiger partial charge in [0.15, 0.2) is 0 Å². The van der Waals surface area contributed by atoms with Crippen molar-refractivity contribution in [1.29, 1.82) is 0 Å². The van der Waals surface area contributed by atoms with Crippen LogP contribution in [0.3, 0.4) is 0 Å². The maximum absolute atomic E-state index is 11.2. The second kappa shape index (κ2) is 4.23. The summed E-state index contributed by atoms with van der Waals surface area (Å²) in [5.74, 6) is -0.535. The molecule has 1 atom stereocenters. The first-order chi connectivity index (χ1) is 6.20. The van der Waals surface area contributed by atoms with E-state index in [4.69, 9.17) is 5.73 Å². The molecule has 1 aliphatic rings. The van der Waals surface area contributed by atoms with Gasteiger partial charge in [0, 0.05) is 6.54 Å². The Morgan fingerprint density at radius 1 is 1.62 bits per heavy atom. The first kappa shape index (κ1) is 9.98. The second-order valence-electron chi connectivity index (χ2n) is 2.97. The van der Waals surface area contributed by atoms with Crippen LogP contribution in [0.15, 0.2) is 0 Å². The molecular formula is C8H14N2O3. The molecule has 1 heterocycles. The van der Waals surface area contributed by atoms with Crippen molar-refractivity contribution in [3.8, 4) is 0 Å². The predicted molar refractivity (Wildman–Crippen MR) is 45.8 cm³/mol. The van der Waals surface area contributed by atoms with Gasteiger partial charge in [0.05, 0.1) is 13.7 Å². The average molecular weight is 186 g/mol. The molecular weight excluding hydrogens is 172 g/mol. The van der Waals surface area contributed by atoms with Crippen molar-refractivity contribution in [3.63, 3.8) is 0 Å². The van der Waals surface area contributed by atoms with E-state index in [1.807, 2.05) is 0 Å². The van der Waals surface area contributed by atoms with Crippen LogP contribution in [-0.2, 0) is 14.3 Å². The molecule has 0 aromatic carbocycles. The van der Waals surface area contributed by atoms with Gasteiger partial charge in [0.2, 0.25) is 5.91 Å². The maximum atomic E-state index is 11.2. The summed E-state index contributed by atoms with van der Waals surface area (Å²) in [6, 6.07) is -0.416. The number of methoxy groups -OCH3 is 1. The van der Waals surface area contributed by atoms with Crippen LogP contribution in [0.5, 0.6) is 0 Å². The molecule has 5 nitrogen and oxygen atoms in total. The van der Waals surface area contributed by atoms with Crippen molar-refractivity contribution >= 4 is 11.9 Å². The highest BCUT2D eigenvalue weighted by Crippen LogP contribution is 2.17. The zero-order chi connectivity index (χ0) is 9.84. The summed E-state index contributed by atoms with van der Waals surface area (Å²) < 4.78 is 4.59. The van der Waals surface area contributed by atoms with Gasteiger partial charge in [0.25, 0.3) is 0 Å². The monoisotopic (exact) mass is 186 g/mol. The summed E-state index contributed by atoms with van der Waals surface area (Å²) in [6.45, 7) is 0.559. The number of nitrogens with zero attached hydrogens (tertiary/aromatic N) is 1. The van der Waals surface area contributed by atoms with E-state index in [1.54, 1.807) is 0 Å². The van der Waals surface area contributed by atoms with Crippen LogP contribution in [-0.4, -0.2) is 43.0 Å². The zero-order valence-electron chi connectivity index (χ0n) is 7.66. The van der Waals surface area contributed by atoms with Crippen LogP contribution in [0.1, 0.15) is 12.8 Å². The Hall–Kier alpha value is -1.10. The number of ether oxygens (including phenoxy) is 1. The van der Waals surface area contributed by atoms with Crippen LogP contribution < -0.4 is 5.73 Å². The van der Waals surface area contributed by atoms with Crippen molar-refractivity contribution in [3.05, 3.63) is 0 Å². The van der Waals surface area contributed by atoms with Gasteiger partial charge in [-0.3, -0.25) is 4.79 Å². The van der Waals surface area contributed by atoms with E-state index >= 15 is 0 Å². The van der Waals surface area contributed by atoms with Gasteiger partial charge in [-0.15, -0.1) is 0 Å². The molecule has 0 saturated carbocycles. The topological polar surface area (TPSA) is 72.6 Å². The lowest BCUT2D eigenvalue weighted by atomic mass is 10.2. The normalized spacial score (nSPS) is 21.7. The van der Waals surface area contributed by atoms with Crippen LogP contribution in [0, 0.1) is 0 Å². The minimum Gasteiger partial charge on any atom is -0.467 e. The zero-order valence-corrected chi connectivity index (χ0v) is 7.66. The molecule has 1 fully saturated rings. The lowest BCUT2D eigenvalue weighted by Gasteiger charge is -2.21. The van der Waals surface area contributed by atoms with Gasteiger partial charge < -0.3 is 15.4 Å². The number of rotatable bonds is 2. The molecule has 0 spiro atoms. The van der Waals surface area contributed by atoms with Crippen LogP contribution in [0.25, 0.3) is 0 Å². The third-order valence-corrected chi connectivity index (χ3v) is 2.22. The summed E-state index contributed by atoms with van der Waals surface area (Å²) in [5.41, 5.74) is 5.21. The second-order valence-corrected chi connectivity index (χ2v) is 2.97. The molecule has 74 valence electrons. The van der Waals surface area contributed by atoms with Crippen molar-refractivity contribution in [2.45, 2.75) is 18.9 Å². The molecule has 1 rings (SSSR count). The molecule has 1 saturated heterocycles. The Morgan fingerprint density at radius 3 is 2.85 bits per heavy atom. The lowest BCUT2D eigenvalue weighted by Crippen LogP contribution is -2.43. The van der Waals surface area contributed by atoms with E-state index in [1.165, 1.54) is 12.0 Å². The van der Waals surface area contributed by atoms with E-state index in [-0.39, 0.29) is 18.4 Å². The highest BCUT2D eigenvalue weighted by Gasteiger charge is 2.33. The highest BCUT2D eigenvalue weighted by molar-refractivity contribution is 5.86. The van der Waals surface area contributed by atoms with Crippen molar-refractivity contribution in [2.24, 2.45) is 5.73 Å². The van der Waals surface area contributed by atoms with Crippen molar-refractivity contribution in [1.82, 2.24) is 4.90 Å². The predicted octanol–water partition coefficient (Wildman–Crippen LogP) is -0.891. The molecule has 0 aliphatic carbocycles. The SMILES string of the molecule is COC(=O)C1CCCN1C(=O)CN. The third-order valence-electron chi connectivity index (χ3n) is 2.22. The molecule has 1 amide bonds. The third kappa shape index (κ3) is 1.98. The smallest absolute Gasteiger partial charge is 0.328 e. The number of carbonyl (C=O) groups is 2. The molecule has 5 heteroatoms. The fraction of sp³-hybridized carbons (Fsp3) is 0.750. The number of carbonyl (C=O) groups excluding carboxylic acids is 2. The highest BCUT2D eigenvalue weighted by atomic mass is 16.5. The molecule has 13 heavy (non-hydrogen) atoms. The Balaban J connectivity index is 2.63. The number of hydrogen-bond donors (Lipinski definition) is 1. The molecule has 0 radical (unpaired) electrons. The molecule has 0 bridgehead atoms. The molecule has 0 aromatic rings. The minimum absolute atomic E-state index is 0.0481. The molecule has 0 aromatic heterocycles. The number of likely N-dealkylation sites (tertiary alicyclic amines) is 1. The lowest BCUT2D eigenvalue weighted by molar-refractivity contribution is -0.150. The van der Waals surface area contributed by atoms with E-state index < -0.39 is 6.04 Å². The quantitative estimate of drug-likeness (QED) is 0.568. The van der Waals surface area contributed by atoms with Crippen LogP contribution in [0.4, 0.5) is 0 Å². The van der Waals surface area contributed by atoms with E-state index in [2.05, 4.69) is 4.74 Å². The standard InChI is InChI=1S/C8H14N2O3/c1-13-8(12)6-3-2-4-10(6)7(11)5-9/h6H,2-5,9H2,1H3. The summed E-state index contributed by atoms with van der Waals surface area (Å²) in [5, 5.41) is 0.